The molecule has 2 aromatic carbocycles. The van der Waals surface area contributed by atoms with Gasteiger partial charge in [0, 0.05) is 12.1 Å². The summed E-state index contributed by atoms with van der Waals surface area (Å²) in [6.07, 6.45) is 0. The minimum absolute atomic E-state index is 0.0219. The van der Waals surface area contributed by atoms with E-state index in [1.165, 1.54) is 23.3 Å². The zero-order valence-corrected chi connectivity index (χ0v) is 14.0. The molecule has 0 amide bonds. The molecule has 1 heterocycles. The van der Waals surface area contributed by atoms with Gasteiger partial charge in [0.1, 0.15) is 5.82 Å². The number of aromatic nitrogens is 2. The molecule has 0 radical (unpaired) electrons. The Morgan fingerprint density at radius 3 is 2.50 bits per heavy atom. The van der Waals surface area contributed by atoms with Gasteiger partial charge in [-0.2, -0.15) is 0 Å². The maximum absolute atomic E-state index is 13.0. The van der Waals surface area contributed by atoms with E-state index in [0.29, 0.717) is 17.3 Å². The largest absolute Gasteiger partial charge is 0.419 e. The van der Waals surface area contributed by atoms with Crippen molar-refractivity contribution in [2.24, 2.45) is 0 Å². The van der Waals surface area contributed by atoms with E-state index in [1.54, 1.807) is 12.1 Å². The summed E-state index contributed by atoms with van der Waals surface area (Å²) >= 11 is 0. The lowest BCUT2D eigenvalue weighted by molar-refractivity contribution is 0.217. The van der Waals surface area contributed by atoms with E-state index in [-0.39, 0.29) is 11.9 Å². The number of hydrogen-bond donors (Lipinski definition) is 0. The van der Waals surface area contributed by atoms with E-state index < -0.39 is 0 Å². The molecule has 0 fully saturated rings. The van der Waals surface area contributed by atoms with Crippen LogP contribution in [-0.4, -0.2) is 22.1 Å². The van der Waals surface area contributed by atoms with Gasteiger partial charge < -0.3 is 4.42 Å². The molecular formula is C19H20FN3O. The maximum atomic E-state index is 13.0. The van der Waals surface area contributed by atoms with Crippen molar-refractivity contribution in [1.82, 2.24) is 15.1 Å². The minimum atomic E-state index is -0.287. The van der Waals surface area contributed by atoms with E-state index in [0.717, 1.165) is 6.54 Å². The summed E-state index contributed by atoms with van der Waals surface area (Å²) in [6.45, 7) is 4.93. The molecule has 0 saturated heterocycles. The highest BCUT2D eigenvalue weighted by atomic mass is 19.1. The third kappa shape index (κ3) is 3.51. The van der Waals surface area contributed by atoms with Crippen LogP contribution in [0.3, 0.4) is 0 Å². The SMILES string of the molecule is Cc1ccccc1CN(C)C(C)c1nnc(-c2ccc(F)cc2)o1. The molecule has 0 bridgehead atoms. The predicted molar refractivity (Wildman–Crippen MR) is 90.8 cm³/mol. The van der Waals surface area contributed by atoms with Crippen LogP contribution in [0.4, 0.5) is 4.39 Å². The second-order valence-corrected chi connectivity index (χ2v) is 5.97. The van der Waals surface area contributed by atoms with Gasteiger partial charge in [-0.3, -0.25) is 4.90 Å². The van der Waals surface area contributed by atoms with Crippen LogP contribution in [0, 0.1) is 12.7 Å². The predicted octanol–water partition coefficient (Wildman–Crippen LogP) is 4.38. The average Bonchev–Trinajstić information content (AvgIpc) is 3.07. The minimum Gasteiger partial charge on any atom is -0.419 e. The van der Waals surface area contributed by atoms with E-state index in [4.69, 9.17) is 4.42 Å². The standard InChI is InChI=1S/C19H20FN3O/c1-13-6-4-5-7-16(13)12-23(3)14(2)18-21-22-19(24-18)15-8-10-17(20)11-9-15/h4-11,14H,12H2,1-3H3. The monoisotopic (exact) mass is 325 g/mol. The normalized spacial score (nSPS) is 12.5. The molecule has 124 valence electrons. The fourth-order valence-electron chi connectivity index (χ4n) is 2.49. The molecule has 0 aliphatic heterocycles. The van der Waals surface area contributed by atoms with E-state index in [2.05, 4.69) is 34.2 Å². The van der Waals surface area contributed by atoms with Crippen LogP contribution in [0.25, 0.3) is 11.5 Å². The smallest absolute Gasteiger partial charge is 0.247 e. The van der Waals surface area contributed by atoms with Gasteiger partial charge in [0.2, 0.25) is 11.8 Å². The second kappa shape index (κ2) is 6.93. The van der Waals surface area contributed by atoms with Crippen LogP contribution in [0.1, 0.15) is 30.0 Å². The number of benzene rings is 2. The summed E-state index contributed by atoms with van der Waals surface area (Å²) in [6, 6.07) is 14.3. The van der Waals surface area contributed by atoms with E-state index >= 15 is 0 Å². The van der Waals surface area contributed by atoms with Crippen LogP contribution in [0.15, 0.2) is 52.9 Å². The summed E-state index contributed by atoms with van der Waals surface area (Å²) in [5.41, 5.74) is 3.24. The first-order valence-electron chi connectivity index (χ1n) is 7.88. The molecule has 3 aromatic rings. The van der Waals surface area contributed by atoms with Gasteiger partial charge in [-0.05, 0) is 56.3 Å². The van der Waals surface area contributed by atoms with Crippen molar-refractivity contribution in [3.63, 3.8) is 0 Å². The highest BCUT2D eigenvalue weighted by molar-refractivity contribution is 5.51. The van der Waals surface area contributed by atoms with Gasteiger partial charge in [-0.25, -0.2) is 4.39 Å². The first-order chi connectivity index (χ1) is 11.5. The van der Waals surface area contributed by atoms with Gasteiger partial charge in [0.15, 0.2) is 0 Å². The Balaban J connectivity index is 1.74. The van der Waals surface area contributed by atoms with Crippen molar-refractivity contribution >= 4 is 0 Å². The van der Waals surface area contributed by atoms with E-state index in [9.17, 15) is 4.39 Å². The molecule has 3 rings (SSSR count). The molecule has 0 saturated carbocycles. The quantitative estimate of drug-likeness (QED) is 0.698. The van der Waals surface area contributed by atoms with Gasteiger partial charge in [-0.1, -0.05) is 24.3 Å². The molecular weight excluding hydrogens is 305 g/mol. The summed E-state index contributed by atoms with van der Waals surface area (Å²) in [5, 5.41) is 8.23. The van der Waals surface area contributed by atoms with Gasteiger partial charge in [0.05, 0.1) is 6.04 Å². The van der Waals surface area contributed by atoms with E-state index in [1.807, 2.05) is 26.1 Å². The lowest BCUT2D eigenvalue weighted by Crippen LogP contribution is -2.22. The summed E-state index contributed by atoms with van der Waals surface area (Å²) in [5.74, 6) is 0.663. The molecule has 0 spiro atoms. The molecule has 0 N–H and O–H groups in total. The molecule has 1 unspecified atom stereocenters. The molecule has 5 heteroatoms. The zero-order chi connectivity index (χ0) is 17.1. The lowest BCUT2D eigenvalue weighted by Gasteiger charge is -2.22. The van der Waals surface area contributed by atoms with Crippen molar-refractivity contribution in [2.75, 3.05) is 7.05 Å². The Morgan fingerprint density at radius 2 is 1.79 bits per heavy atom. The Morgan fingerprint density at radius 1 is 1.08 bits per heavy atom. The lowest BCUT2D eigenvalue weighted by atomic mass is 10.1. The molecule has 1 atom stereocenters. The Kier molecular flexibility index (Phi) is 4.71. The zero-order valence-electron chi connectivity index (χ0n) is 14.0. The summed E-state index contributed by atoms with van der Waals surface area (Å²) < 4.78 is 18.8. The molecule has 1 aromatic heterocycles. The number of nitrogens with zero attached hydrogens (tertiary/aromatic N) is 3. The van der Waals surface area contributed by atoms with Gasteiger partial charge in [-0.15, -0.1) is 10.2 Å². The Labute approximate surface area is 140 Å². The number of aryl methyl sites for hydroxylation is 1. The summed E-state index contributed by atoms with van der Waals surface area (Å²) in [4.78, 5) is 2.16. The van der Waals surface area contributed by atoms with Crippen LogP contribution >= 0.6 is 0 Å². The van der Waals surface area contributed by atoms with Crippen LogP contribution in [0.2, 0.25) is 0 Å². The number of hydrogen-bond acceptors (Lipinski definition) is 4. The average molecular weight is 325 g/mol. The van der Waals surface area contributed by atoms with Crippen molar-refractivity contribution in [3.05, 3.63) is 71.4 Å². The Bertz CT molecular complexity index is 813. The van der Waals surface area contributed by atoms with Crippen molar-refractivity contribution in [2.45, 2.75) is 26.4 Å². The highest BCUT2D eigenvalue weighted by Gasteiger charge is 2.19. The van der Waals surface area contributed by atoms with Crippen LogP contribution < -0.4 is 0 Å². The van der Waals surface area contributed by atoms with Crippen molar-refractivity contribution in [1.29, 1.82) is 0 Å². The van der Waals surface area contributed by atoms with Crippen molar-refractivity contribution < 1.29 is 8.81 Å². The molecule has 0 aliphatic rings. The molecule has 4 nitrogen and oxygen atoms in total. The third-order valence-electron chi connectivity index (χ3n) is 4.23. The van der Waals surface area contributed by atoms with Crippen LogP contribution in [-0.2, 0) is 6.54 Å². The first-order valence-corrected chi connectivity index (χ1v) is 7.88. The first kappa shape index (κ1) is 16.3. The van der Waals surface area contributed by atoms with Crippen molar-refractivity contribution in [3.8, 4) is 11.5 Å². The third-order valence-corrected chi connectivity index (χ3v) is 4.23. The fraction of sp³-hybridized carbons (Fsp3) is 0.263. The topological polar surface area (TPSA) is 42.2 Å². The summed E-state index contributed by atoms with van der Waals surface area (Å²) in [7, 11) is 2.03. The molecule has 24 heavy (non-hydrogen) atoms. The highest BCUT2D eigenvalue weighted by Crippen LogP contribution is 2.24. The second-order valence-electron chi connectivity index (χ2n) is 5.97. The fourth-order valence-corrected chi connectivity index (χ4v) is 2.49. The van der Waals surface area contributed by atoms with Crippen LogP contribution in [0.5, 0.6) is 0 Å². The van der Waals surface area contributed by atoms with Gasteiger partial charge in [0.25, 0.3) is 0 Å². The Hall–Kier alpha value is -2.53. The molecule has 0 aliphatic carbocycles. The number of rotatable bonds is 5. The van der Waals surface area contributed by atoms with Gasteiger partial charge >= 0.3 is 0 Å². The maximum Gasteiger partial charge on any atom is 0.247 e. The number of halogens is 1.